The van der Waals surface area contributed by atoms with Crippen LogP contribution in [0.3, 0.4) is 0 Å². The van der Waals surface area contributed by atoms with E-state index in [4.69, 9.17) is 15.0 Å². The normalized spacial score (nSPS) is 1.71. The van der Waals surface area contributed by atoms with Crippen molar-refractivity contribution in [2.75, 3.05) is 0 Å². The Morgan fingerprint density at radius 3 is 0.714 bits per heavy atom. The van der Waals surface area contributed by atoms with Crippen LogP contribution in [0.2, 0.25) is 0 Å². The third-order valence-corrected chi connectivity index (χ3v) is 0. The Bertz CT molecular complexity index is 45.8. The van der Waals surface area contributed by atoms with Crippen LogP contribution in [-0.4, -0.2) is 133 Å². The van der Waals surface area contributed by atoms with Gasteiger partial charge in [-0.3, -0.25) is 0 Å². The first-order valence-electron chi connectivity index (χ1n) is 0.612. The van der Waals surface area contributed by atoms with Crippen molar-refractivity contribution in [3.05, 3.63) is 0 Å². The summed E-state index contributed by atoms with van der Waals surface area (Å²) >= 11 is 0. The summed E-state index contributed by atoms with van der Waals surface area (Å²) < 4.78 is 0. The Labute approximate surface area is 170 Å². The van der Waals surface area contributed by atoms with Crippen LogP contribution in [0.15, 0.2) is 0 Å². The smallest absolute Gasteiger partial charge is 1.00 e. The molecule has 0 aromatic rings. The van der Waals surface area contributed by atoms with Crippen LogP contribution in [0.1, 0.15) is 0 Å². The number of rotatable bonds is 0. The van der Waals surface area contributed by atoms with E-state index in [1.54, 1.807) is 0 Å². The molecule has 0 aliphatic carbocycles. The standard InChI is InChI=1S/CH2O3.Ba.2ClH.6H2O.Sr/c2-1(3)4;;;;;;;;;;/h(H2,2,3,4);;2*1H;6*1H2;/q;+2;;;;;;;;;+2/p-4. The van der Waals surface area contributed by atoms with Gasteiger partial charge in [0.05, 0.1) is 0 Å². The van der Waals surface area contributed by atoms with Gasteiger partial charge in [-0.05, 0) is 6.16 Å². The maximum absolute atomic E-state index is 8.33. The van der Waals surface area contributed by atoms with Gasteiger partial charge in [0.2, 0.25) is 0 Å². The molecule has 0 unspecified atom stereocenters. The van der Waals surface area contributed by atoms with Crippen LogP contribution in [0.5, 0.6) is 0 Å². The second-order valence-corrected chi connectivity index (χ2v) is 0.250. The summed E-state index contributed by atoms with van der Waals surface area (Å²) in [6.45, 7) is 0. The van der Waals surface area contributed by atoms with E-state index >= 15 is 0 Å². The first-order valence-corrected chi connectivity index (χ1v) is 0.612. The van der Waals surface area contributed by atoms with E-state index in [0.717, 1.165) is 0 Å². The summed E-state index contributed by atoms with van der Waals surface area (Å²) in [5, 5.41) is 16.7. The Balaban J connectivity index is -0.000000001000. The van der Waals surface area contributed by atoms with Crippen LogP contribution in [0.25, 0.3) is 0 Å². The molecule has 0 radical (unpaired) electrons. The van der Waals surface area contributed by atoms with Gasteiger partial charge in [-0.2, -0.15) is 0 Å². The fourth-order valence-electron chi connectivity index (χ4n) is 0. The summed E-state index contributed by atoms with van der Waals surface area (Å²) in [5.74, 6) is 0. The van der Waals surface area contributed by atoms with Gasteiger partial charge in [-0.25, -0.2) is 0 Å². The third kappa shape index (κ3) is 386. The number of hydrogen-bond acceptors (Lipinski definition) is 3. The fourth-order valence-corrected chi connectivity index (χ4v) is 0. The molecule has 88 valence electrons. The van der Waals surface area contributed by atoms with E-state index in [1.165, 1.54) is 0 Å². The van der Waals surface area contributed by atoms with Crippen molar-refractivity contribution in [3.63, 3.8) is 0 Å². The second-order valence-electron chi connectivity index (χ2n) is 0.250. The summed E-state index contributed by atoms with van der Waals surface area (Å²) in [5.41, 5.74) is 0. The second kappa shape index (κ2) is 105. The molecule has 9 nitrogen and oxygen atoms in total. The van der Waals surface area contributed by atoms with Crippen LogP contribution in [-0.2, 0) is 0 Å². The van der Waals surface area contributed by atoms with Gasteiger partial charge in [0.15, 0.2) is 0 Å². The van der Waals surface area contributed by atoms with Gasteiger partial charge >= 0.3 is 94.4 Å². The molecular weight excluding hydrogens is 452 g/mol. The van der Waals surface area contributed by atoms with E-state index in [0.29, 0.717) is 0 Å². The molecule has 0 spiro atoms. The Morgan fingerprint density at radius 1 is 0.714 bits per heavy atom. The third-order valence-electron chi connectivity index (χ3n) is 0. The molecule has 0 saturated heterocycles. The molecule has 14 heavy (non-hydrogen) atoms. The molecular formula is CH12BaCl2O9Sr. The van der Waals surface area contributed by atoms with E-state index in [2.05, 4.69) is 0 Å². The zero-order chi connectivity index (χ0) is 3.58. The zero-order valence-electron chi connectivity index (χ0n) is 6.89. The van der Waals surface area contributed by atoms with Crippen molar-refractivity contribution in [1.82, 2.24) is 0 Å². The average molecular weight is 464 g/mol. The molecule has 0 aromatic carbocycles. The van der Waals surface area contributed by atoms with Gasteiger partial charge in [-0.1, -0.05) is 0 Å². The average Bonchev–Trinajstić information content (AvgIpc) is 0.811. The van der Waals surface area contributed by atoms with Gasteiger partial charge in [0.25, 0.3) is 0 Å². The van der Waals surface area contributed by atoms with Gasteiger partial charge in [0.1, 0.15) is 0 Å². The topological polar surface area (TPSA) is 252 Å². The number of carboxylic acid groups (broad SMARTS) is 2. The van der Waals surface area contributed by atoms with Crippen molar-refractivity contribution >= 4 is 101 Å². The fraction of sp³-hybridized carbons (Fsp3) is 0. The number of hydrogen-bond donors (Lipinski definition) is 0. The van der Waals surface area contributed by atoms with Crippen LogP contribution >= 0.6 is 0 Å². The first kappa shape index (κ1) is 127. The zero-order valence-corrected chi connectivity index (χ0v) is 16.3. The van der Waals surface area contributed by atoms with Crippen molar-refractivity contribution in [1.29, 1.82) is 0 Å². The van der Waals surface area contributed by atoms with Crippen molar-refractivity contribution < 1.29 is 72.7 Å². The minimum Gasteiger partial charge on any atom is -1.00 e. The predicted molar refractivity (Wildman–Crippen MR) is 38.6 cm³/mol. The van der Waals surface area contributed by atoms with Gasteiger partial charge in [-0.15, -0.1) is 0 Å². The molecule has 0 aromatic heterocycles. The number of carbonyl (C=O) groups excluding carboxylic acids is 1. The van der Waals surface area contributed by atoms with E-state index < -0.39 is 6.16 Å². The van der Waals surface area contributed by atoms with Crippen LogP contribution in [0, 0.1) is 0 Å². The van der Waals surface area contributed by atoms with E-state index in [9.17, 15) is 0 Å². The molecule has 0 bridgehead atoms. The predicted octanol–water partition coefficient (Wildman–Crippen LogP) is -14.1. The van der Waals surface area contributed by atoms with Crippen molar-refractivity contribution in [2.45, 2.75) is 0 Å². The quantitative estimate of drug-likeness (QED) is 0.317. The Hall–Kier alpha value is 2.66. The van der Waals surface area contributed by atoms with Crippen molar-refractivity contribution in [3.8, 4) is 0 Å². The molecule has 0 aliphatic rings. The first-order chi connectivity index (χ1) is 1.73. The molecule has 13 heteroatoms. The summed E-state index contributed by atoms with van der Waals surface area (Å²) in [6.07, 6.45) is -2.33. The van der Waals surface area contributed by atoms with E-state index in [-0.39, 0.29) is 152 Å². The maximum atomic E-state index is 8.33. The minimum atomic E-state index is -2.33. The SMILES string of the molecule is O.O.O.O.O.O.O=C([O-])[O-].[Ba+2].[Cl-].[Cl-].[Sr+2]. The van der Waals surface area contributed by atoms with Gasteiger partial charge < -0.3 is 72.7 Å². The summed E-state index contributed by atoms with van der Waals surface area (Å²) in [6, 6.07) is 0. The van der Waals surface area contributed by atoms with Crippen LogP contribution < -0.4 is 35.0 Å². The molecule has 0 heterocycles. The number of carbonyl (C=O) groups is 1. The molecule has 12 N–H and O–H groups in total. The molecule has 0 amide bonds. The largest absolute Gasteiger partial charge is 2.00 e. The Kier molecular flexibility index (Phi) is 956. The van der Waals surface area contributed by atoms with Crippen molar-refractivity contribution in [2.24, 2.45) is 0 Å². The molecule has 0 aliphatic heterocycles. The molecule has 0 fully saturated rings. The molecule has 0 saturated carbocycles. The van der Waals surface area contributed by atoms with E-state index in [1.807, 2.05) is 0 Å². The minimum absolute atomic E-state index is 0. The summed E-state index contributed by atoms with van der Waals surface area (Å²) in [7, 11) is 0. The monoisotopic (exact) mass is 464 g/mol. The summed E-state index contributed by atoms with van der Waals surface area (Å²) in [4.78, 5) is 8.33. The molecule has 0 rings (SSSR count). The van der Waals surface area contributed by atoms with Crippen LogP contribution in [0.4, 0.5) is 4.79 Å². The van der Waals surface area contributed by atoms with Gasteiger partial charge in [0, 0.05) is 0 Å². The maximum Gasteiger partial charge on any atom is 2.00 e. The number of halogens is 2. The molecule has 0 atom stereocenters. The Morgan fingerprint density at radius 2 is 0.714 bits per heavy atom.